The lowest BCUT2D eigenvalue weighted by Gasteiger charge is -2.24. The summed E-state index contributed by atoms with van der Waals surface area (Å²) in [4.78, 5) is 15.7. The average molecular weight is 322 g/mol. The van der Waals surface area contributed by atoms with Crippen LogP contribution >= 0.6 is 0 Å². The number of carboxylic acids is 1. The van der Waals surface area contributed by atoms with Gasteiger partial charge in [0.25, 0.3) is 0 Å². The van der Waals surface area contributed by atoms with Crippen molar-refractivity contribution in [3.8, 4) is 5.75 Å². The number of aliphatic carboxylic acids is 1. The minimum absolute atomic E-state index is 0.00670. The molecule has 1 aromatic heterocycles. The Morgan fingerprint density at radius 3 is 2.83 bits per heavy atom. The number of carboxylic acid groups (broad SMARTS) is 1. The summed E-state index contributed by atoms with van der Waals surface area (Å²) in [6, 6.07) is 10.5. The van der Waals surface area contributed by atoms with Crippen LogP contribution in [0.3, 0.4) is 0 Å². The Hall–Kier alpha value is -3.35. The lowest BCUT2D eigenvalue weighted by atomic mass is 9.96. The molecule has 2 heterocycles. The number of rotatable bonds is 2. The van der Waals surface area contributed by atoms with E-state index in [1.54, 1.807) is 17.7 Å². The number of aromatic nitrogens is 3. The highest BCUT2D eigenvalue weighted by Gasteiger charge is 2.29. The SMILES string of the molecule is Cc1nc2n(n1)C(c1c(O)ccc3ccccc13)C=C(C(=O)O)N2. The molecule has 3 aromatic rings. The third kappa shape index (κ3) is 2.10. The minimum atomic E-state index is -1.09. The number of phenols is 1. The van der Waals surface area contributed by atoms with E-state index in [0.29, 0.717) is 17.3 Å². The number of hydrogen-bond acceptors (Lipinski definition) is 5. The zero-order valence-electron chi connectivity index (χ0n) is 12.8. The summed E-state index contributed by atoms with van der Waals surface area (Å²) >= 11 is 0. The largest absolute Gasteiger partial charge is 0.508 e. The van der Waals surface area contributed by atoms with Gasteiger partial charge in [0.1, 0.15) is 23.3 Å². The number of anilines is 1. The predicted molar refractivity (Wildman–Crippen MR) is 87.9 cm³/mol. The number of hydrogen-bond donors (Lipinski definition) is 3. The molecule has 120 valence electrons. The van der Waals surface area contributed by atoms with E-state index < -0.39 is 12.0 Å². The number of fused-ring (bicyclic) bond motifs is 2. The summed E-state index contributed by atoms with van der Waals surface area (Å²) in [7, 11) is 0. The molecule has 7 nitrogen and oxygen atoms in total. The van der Waals surface area contributed by atoms with E-state index in [1.807, 2.05) is 30.3 Å². The number of allylic oxidation sites excluding steroid dienone is 1. The summed E-state index contributed by atoms with van der Waals surface area (Å²) in [5, 5.41) is 28.7. The topological polar surface area (TPSA) is 100 Å². The maximum absolute atomic E-state index is 11.4. The van der Waals surface area contributed by atoms with Gasteiger partial charge in [-0.25, -0.2) is 9.48 Å². The number of nitrogens with zero attached hydrogens (tertiary/aromatic N) is 3. The molecular formula is C17H14N4O3. The Labute approximate surface area is 136 Å². The van der Waals surface area contributed by atoms with Crippen LogP contribution in [0.2, 0.25) is 0 Å². The first kappa shape index (κ1) is 14.3. The second-order valence-electron chi connectivity index (χ2n) is 5.60. The van der Waals surface area contributed by atoms with E-state index in [1.165, 1.54) is 6.08 Å². The van der Waals surface area contributed by atoms with E-state index in [-0.39, 0.29) is 11.4 Å². The van der Waals surface area contributed by atoms with Gasteiger partial charge in [-0.15, -0.1) is 0 Å². The van der Waals surface area contributed by atoms with Crippen molar-refractivity contribution in [1.29, 1.82) is 0 Å². The van der Waals surface area contributed by atoms with Crippen LogP contribution in [0.1, 0.15) is 17.4 Å². The molecule has 0 fully saturated rings. The molecule has 0 bridgehead atoms. The average Bonchev–Trinajstić information content (AvgIpc) is 2.94. The first-order valence-corrected chi connectivity index (χ1v) is 7.40. The molecule has 0 saturated heterocycles. The first-order chi connectivity index (χ1) is 11.5. The highest BCUT2D eigenvalue weighted by Crippen LogP contribution is 2.38. The Morgan fingerprint density at radius 2 is 2.04 bits per heavy atom. The summed E-state index contributed by atoms with van der Waals surface area (Å²) in [6.07, 6.45) is 1.53. The fraction of sp³-hybridized carbons (Fsp3) is 0.118. The quantitative estimate of drug-likeness (QED) is 0.670. The molecule has 0 amide bonds. The molecule has 2 aromatic carbocycles. The fourth-order valence-electron chi connectivity index (χ4n) is 3.03. The van der Waals surface area contributed by atoms with Crippen LogP contribution in [-0.4, -0.2) is 30.9 Å². The predicted octanol–water partition coefficient (Wildman–Crippen LogP) is 2.43. The van der Waals surface area contributed by atoms with Gasteiger partial charge in [0.15, 0.2) is 0 Å². The number of nitrogens with one attached hydrogen (secondary N) is 1. The summed E-state index contributed by atoms with van der Waals surface area (Å²) in [6.45, 7) is 1.73. The minimum Gasteiger partial charge on any atom is -0.508 e. The lowest BCUT2D eigenvalue weighted by Crippen LogP contribution is -2.24. The van der Waals surface area contributed by atoms with Gasteiger partial charge < -0.3 is 15.5 Å². The van der Waals surface area contributed by atoms with E-state index in [0.717, 1.165) is 10.8 Å². The number of carbonyl (C=O) groups is 1. The molecule has 1 aliphatic rings. The second-order valence-corrected chi connectivity index (χ2v) is 5.60. The molecule has 1 unspecified atom stereocenters. The summed E-state index contributed by atoms with van der Waals surface area (Å²) in [5.41, 5.74) is 0.603. The van der Waals surface area contributed by atoms with Gasteiger partial charge in [0.05, 0.1) is 0 Å². The summed E-state index contributed by atoms with van der Waals surface area (Å²) < 4.78 is 1.59. The van der Waals surface area contributed by atoms with Crippen LogP contribution in [0.5, 0.6) is 5.75 Å². The number of aromatic hydroxyl groups is 1. The van der Waals surface area contributed by atoms with Gasteiger partial charge in [-0.2, -0.15) is 10.1 Å². The Bertz CT molecular complexity index is 1010. The number of aryl methyl sites for hydroxylation is 1. The lowest BCUT2D eigenvalue weighted by molar-refractivity contribution is -0.132. The van der Waals surface area contributed by atoms with Crippen LogP contribution in [-0.2, 0) is 4.79 Å². The smallest absolute Gasteiger partial charge is 0.352 e. The molecule has 0 saturated carbocycles. The normalized spacial score (nSPS) is 16.4. The molecule has 1 aliphatic heterocycles. The van der Waals surface area contributed by atoms with Crippen LogP contribution in [0.25, 0.3) is 10.8 Å². The standard InChI is InChI=1S/C17H14N4O3/c1-9-18-17-19-12(16(23)24)8-13(21(17)20-9)15-11-5-3-2-4-10(11)6-7-14(15)22/h2-8,13,22H,1H3,(H,23,24)(H,18,19,20). The molecule has 0 spiro atoms. The molecule has 24 heavy (non-hydrogen) atoms. The van der Waals surface area contributed by atoms with Crippen molar-refractivity contribution < 1.29 is 15.0 Å². The Kier molecular flexibility index (Phi) is 3.02. The molecule has 0 radical (unpaired) electrons. The molecule has 4 rings (SSSR count). The molecule has 1 atom stereocenters. The monoisotopic (exact) mass is 322 g/mol. The summed E-state index contributed by atoms with van der Waals surface area (Å²) in [5.74, 6) is -0.153. The molecule has 7 heteroatoms. The zero-order valence-corrected chi connectivity index (χ0v) is 12.8. The van der Waals surface area contributed by atoms with E-state index in [9.17, 15) is 15.0 Å². The van der Waals surface area contributed by atoms with Gasteiger partial charge in [0, 0.05) is 5.56 Å². The van der Waals surface area contributed by atoms with E-state index in [4.69, 9.17) is 0 Å². The van der Waals surface area contributed by atoms with Gasteiger partial charge >= 0.3 is 5.97 Å². The Morgan fingerprint density at radius 1 is 1.25 bits per heavy atom. The first-order valence-electron chi connectivity index (χ1n) is 7.40. The third-order valence-electron chi connectivity index (χ3n) is 4.05. The van der Waals surface area contributed by atoms with Crippen molar-refractivity contribution in [2.45, 2.75) is 13.0 Å². The van der Waals surface area contributed by atoms with Gasteiger partial charge in [-0.05, 0) is 29.8 Å². The van der Waals surface area contributed by atoms with Gasteiger partial charge in [-0.1, -0.05) is 30.3 Å². The van der Waals surface area contributed by atoms with Crippen LogP contribution in [0, 0.1) is 6.92 Å². The number of phenolic OH excluding ortho intramolecular Hbond substituents is 1. The molecule has 0 aliphatic carbocycles. The zero-order chi connectivity index (χ0) is 16.8. The fourth-order valence-corrected chi connectivity index (χ4v) is 3.03. The van der Waals surface area contributed by atoms with Crippen molar-refractivity contribution in [3.63, 3.8) is 0 Å². The molecular weight excluding hydrogens is 308 g/mol. The van der Waals surface area contributed by atoms with E-state index >= 15 is 0 Å². The maximum atomic E-state index is 11.4. The third-order valence-corrected chi connectivity index (χ3v) is 4.05. The van der Waals surface area contributed by atoms with Crippen LogP contribution < -0.4 is 5.32 Å². The van der Waals surface area contributed by atoms with Crippen molar-refractivity contribution in [2.75, 3.05) is 5.32 Å². The van der Waals surface area contributed by atoms with Crippen LogP contribution in [0.15, 0.2) is 48.2 Å². The second kappa shape index (κ2) is 5.09. The van der Waals surface area contributed by atoms with Crippen molar-refractivity contribution in [1.82, 2.24) is 14.8 Å². The van der Waals surface area contributed by atoms with Crippen LogP contribution in [0.4, 0.5) is 5.95 Å². The number of benzene rings is 2. The maximum Gasteiger partial charge on any atom is 0.352 e. The highest BCUT2D eigenvalue weighted by atomic mass is 16.4. The van der Waals surface area contributed by atoms with Gasteiger partial charge in [0.2, 0.25) is 5.95 Å². The van der Waals surface area contributed by atoms with Crippen molar-refractivity contribution in [3.05, 3.63) is 59.6 Å². The van der Waals surface area contributed by atoms with Crippen molar-refractivity contribution in [2.24, 2.45) is 0 Å². The Balaban J connectivity index is 2.01. The highest BCUT2D eigenvalue weighted by molar-refractivity contribution is 5.92. The van der Waals surface area contributed by atoms with Crippen molar-refractivity contribution >= 4 is 22.7 Å². The van der Waals surface area contributed by atoms with Gasteiger partial charge in [-0.3, -0.25) is 0 Å². The molecule has 3 N–H and O–H groups in total. The van der Waals surface area contributed by atoms with E-state index in [2.05, 4.69) is 15.4 Å².